The first-order valence-corrected chi connectivity index (χ1v) is 8.27. The van der Waals surface area contributed by atoms with Crippen molar-refractivity contribution in [3.8, 4) is 0 Å². The number of rotatable bonds is 8. The smallest absolute Gasteiger partial charge is 0.317 e. The Labute approximate surface area is 137 Å². The molecule has 0 atom stereocenters. The van der Waals surface area contributed by atoms with Crippen LogP contribution < -0.4 is 10.0 Å². The summed E-state index contributed by atoms with van der Waals surface area (Å²) in [5.74, 6) is -3.17. The minimum atomic E-state index is -4.18. The number of hydrogen-bond donors (Lipinski definition) is 3. The topological polar surface area (TPSA) is 116 Å². The summed E-state index contributed by atoms with van der Waals surface area (Å²) in [4.78, 5) is 22.4. The Hall–Kier alpha value is -2.27. The summed E-state index contributed by atoms with van der Waals surface area (Å²) < 4.78 is 52.0. The molecular formula is C13H17F2N3O5S. The van der Waals surface area contributed by atoms with E-state index in [0.717, 1.165) is 17.0 Å². The molecule has 24 heavy (non-hydrogen) atoms. The van der Waals surface area contributed by atoms with Crippen molar-refractivity contribution in [2.45, 2.75) is 11.3 Å². The molecule has 8 nitrogen and oxygen atoms in total. The van der Waals surface area contributed by atoms with E-state index in [1.54, 1.807) is 0 Å². The molecule has 0 saturated carbocycles. The summed E-state index contributed by atoms with van der Waals surface area (Å²) in [6.45, 7) is -0.330. The summed E-state index contributed by atoms with van der Waals surface area (Å²) in [5, 5.41) is 10.9. The molecule has 11 heteroatoms. The second-order valence-electron chi connectivity index (χ2n) is 4.77. The molecule has 0 spiro atoms. The van der Waals surface area contributed by atoms with Gasteiger partial charge in [0.2, 0.25) is 10.0 Å². The Morgan fingerprint density at radius 3 is 2.50 bits per heavy atom. The van der Waals surface area contributed by atoms with Crippen LogP contribution in [0.25, 0.3) is 0 Å². The number of hydrogen-bond acceptors (Lipinski definition) is 4. The first kappa shape index (κ1) is 19.8. The molecule has 0 aliphatic carbocycles. The molecular weight excluding hydrogens is 348 g/mol. The molecule has 0 aliphatic rings. The third-order valence-electron chi connectivity index (χ3n) is 2.88. The summed E-state index contributed by atoms with van der Waals surface area (Å²) in [7, 11) is -2.80. The summed E-state index contributed by atoms with van der Waals surface area (Å²) in [6.07, 6.45) is -0.222. The second-order valence-corrected chi connectivity index (χ2v) is 6.51. The molecule has 2 amide bonds. The van der Waals surface area contributed by atoms with Gasteiger partial charge in [0.1, 0.15) is 16.5 Å². The van der Waals surface area contributed by atoms with E-state index < -0.39 is 38.6 Å². The highest BCUT2D eigenvalue weighted by molar-refractivity contribution is 7.89. The maximum Gasteiger partial charge on any atom is 0.317 e. The molecule has 0 bridgehead atoms. The van der Waals surface area contributed by atoms with Crippen molar-refractivity contribution >= 4 is 22.0 Å². The van der Waals surface area contributed by atoms with Gasteiger partial charge in [0, 0.05) is 32.7 Å². The molecule has 1 aromatic carbocycles. The van der Waals surface area contributed by atoms with Gasteiger partial charge in [0.05, 0.1) is 6.42 Å². The first-order chi connectivity index (χ1) is 11.1. The van der Waals surface area contributed by atoms with E-state index in [4.69, 9.17) is 5.11 Å². The van der Waals surface area contributed by atoms with Crippen LogP contribution in [-0.4, -0.2) is 57.1 Å². The van der Waals surface area contributed by atoms with Crippen LogP contribution in [-0.2, 0) is 14.8 Å². The van der Waals surface area contributed by atoms with Gasteiger partial charge in [-0.05, 0) is 12.1 Å². The Balaban J connectivity index is 2.46. The van der Waals surface area contributed by atoms with Crippen molar-refractivity contribution in [1.82, 2.24) is 14.9 Å². The van der Waals surface area contributed by atoms with Gasteiger partial charge in [0.15, 0.2) is 0 Å². The largest absolute Gasteiger partial charge is 0.481 e. The molecule has 0 unspecified atom stereocenters. The highest BCUT2D eigenvalue weighted by atomic mass is 32.2. The summed E-state index contributed by atoms with van der Waals surface area (Å²) in [5.41, 5.74) is 0. The fourth-order valence-corrected chi connectivity index (χ4v) is 2.71. The van der Waals surface area contributed by atoms with E-state index in [1.807, 2.05) is 0 Å². The normalized spacial score (nSPS) is 11.1. The molecule has 0 fully saturated rings. The van der Waals surface area contributed by atoms with E-state index in [1.165, 1.54) is 7.05 Å². The zero-order valence-corrected chi connectivity index (χ0v) is 13.6. The van der Waals surface area contributed by atoms with E-state index >= 15 is 0 Å². The van der Waals surface area contributed by atoms with Gasteiger partial charge in [-0.3, -0.25) is 4.79 Å². The number of nitrogens with one attached hydrogen (secondary N) is 2. The number of carboxylic acids is 1. The molecule has 134 valence electrons. The molecule has 0 aromatic heterocycles. The number of aliphatic carboxylic acids is 1. The van der Waals surface area contributed by atoms with Gasteiger partial charge in [-0.15, -0.1) is 0 Å². The van der Waals surface area contributed by atoms with E-state index in [0.29, 0.717) is 6.07 Å². The number of halogens is 2. The Morgan fingerprint density at radius 2 is 1.92 bits per heavy atom. The van der Waals surface area contributed by atoms with Crippen LogP contribution in [0.1, 0.15) is 6.42 Å². The fourth-order valence-electron chi connectivity index (χ4n) is 1.63. The monoisotopic (exact) mass is 365 g/mol. The maximum absolute atomic E-state index is 13.5. The van der Waals surface area contributed by atoms with Crippen LogP contribution >= 0.6 is 0 Å². The van der Waals surface area contributed by atoms with E-state index in [2.05, 4.69) is 10.0 Å². The Kier molecular flexibility index (Phi) is 7.04. The number of nitrogens with zero attached hydrogens (tertiary/aromatic N) is 1. The Morgan fingerprint density at radius 1 is 1.25 bits per heavy atom. The number of amides is 2. The highest BCUT2D eigenvalue weighted by Gasteiger charge is 2.19. The second kappa shape index (κ2) is 8.55. The molecule has 3 N–H and O–H groups in total. The molecule has 0 aliphatic heterocycles. The van der Waals surface area contributed by atoms with Crippen molar-refractivity contribution in [3.63, 3.8) is 0 Å². The number of carboxylic acid groups (broad SMARTS) is 1. The minimum Gasteiger partial charge on any atom is -0.481 e. The van der Waals surface area contributed by atoms with Gasteiger partial charge >= 0.3 is 12.0 Å². The lowest BCUT2D eigenvalue weighted by molar-refractivity contribution is -0.137. The number of carbonyl (C=O) groups is 2. The van der Waals surface area contributed by atoms with Crippen LogP contribution in [0.3, 0.4) is 0 Å². The zero-order valence-electron chi connectivity index (χ0n) is 12.8. The van der Waals surface area contributed by atoms with Crippen LogP contribution in [0.5, 0.6) is 0 Å². The van der Waals surface area contributed by atoms with Gasteiger partial charge in [0.25, 0.3) is 0 Å². The summed E-state index contributed by atoms with van der Waals surface area (Å²) in [6, 6.07) is 1.49. The SMILES string of the molecule is CN(CCC(=O)O)C(=O)NCCNS(=O)(=O)c1ccc(F)cc1F. The number of urea groups is 1. The highest BCUT2D eigenvalue weighted by Crippen LogP contribution is 2.14. The number of carbonyl (C=O) groups excluding carboxylic acids is 1. The van der Waals surface area contributed by atoms with Crippen LogP contribution in [0, 0.1) is 11.6 Å². The van der Waals surface area contributed by atoms with Crippen LogP contribution in [0.4, 0.5) is 13.6 Å². The van der Waals surface area contributed by atoms with Crippen molar-refractivity contribution in [3.05, 3.63) is 29.8 Å². The molecule has 0 saturated heterocycles. The van der Waals surface area contributed by atoms with E-state index in [9.17, 15) is 26.8 Å². The average molecular weight is 365 g/mol. The van der Waals surface area contributed by atoms with Crippen molar-refractivity contribution < 1.29 is 31.9 Å². The van der Waals surface area contributed by atoms with Crippen molar-refractivity contribution in [2.24, 2.45) is 0 Å². The van der Waals surface area contributed by atoms with Crippen molar-refractivity contribution in [1.29, 1.82) is 0 Å². The molecule has 0 heterocycles. The third kappa shape index (κ3) is 6.08. The standard InChI is InChI=1S/C13H17F2N3O5S/c1-18(7-4-12(19)20)13(21)16-5-6-17-24(22,23)11-3-2-9(14)8-10(11)15/h2-3,8,17H,4-7H2,1H3,(H,16,21)(H,19,20). The fraction of sp³-hybridized carbons (Fsp3) is 0.385. The van der Waals surface area contributed by atoms with Gasteiger partial charge < -0.3 is 15.3 Å². The van der Waals surface area contributed by atoms with Crippen LogP contribution in [0.2, 0.25) is 0 Å². The first-order valence-electron chi connectivity index (χ1n) is 6.79. The van der Waals surface area contributed by atoms with E-state index in [-0.39, 0.29) is 26.1 Å². The lowest BCUT2D eigenvalue weighted by Gasteiger charge is -2.17. The maximum atomic E-state index is 13.5. The third-order valence-corrected chi connectivity index (χ3v) is 4.38. The lowest BCUT2D eigenvalue weighted by atomic mass is 10.3. The quantitative estimate of drug-likeness (QED) is 0.575. The lowest BCUT2D eigenvalue weighted by Crippen LogP contribution is -2.42. The predicted molar refractivity (Wildman–Crippen MR) is 79.8 cm³/mol. The zero-order chi connectivity index (χ0) is 18.3. The van der Waals surface area contributed by atoms with Crippen molar-refractivity contribution in [2.75, 3.05) is 26.7 Å². The molecule has 1 aromatic rings. The van der Waals surface area contributed by atoms with Gasteiger partial charge in [-0.1, -0.05) is 0 Å². The van der Waals surface area contributed by atoms with Gasteiger partial charge in [-0.2, -0.15) is 0 Å². The molecule has 1 rings (SSSR count). The Bertz CT molecular complexity index is 712. The minimum absolute atomic E-state index is 0.00627. The summed E-state index contributed by atoms with van der Waals surface area (Å²) >= 11 is 0. The van der Waals surface area contributed by atoms with Gasteiger partial charge in [-0.25, -0.2) is 26.7 Å². The number of benzene rings is 1. The van der Waals surface area contributed by atoms with Crippen LogP contribution in [0.15, 0.2) is 23.1 Å². The number of sulfonamides is 1. The molecule has 0 radical (unpaired) electrons. The average Bonchev–Trinajstić information content (AvgIpc) is 2.48. The predicted octanol–water partition coefficient (Wildman–Crippen LogP) is 0.359.